The Labute approximate surface area is 150 Å². The zero-order valence-corrected chi connectivity index (χ0v) is 14.6. The second-order valence-electron chi connectivity index (χ2n) is 5.55. The minimum Gasteiger partial charge on any atom is -0.479 e. The molecule has 0 radical (unpaired) electrons. The molecule has 0 aliphatic rings. The molecule has 4 rings (SSSR count). The number of methoxy groups -OCH3 is 1. The summed E-state index contributed by atoms with van der Waals surface area (Å²) in [7, 11) is 1.65. The Morgan fingerprint density at radius 2 is 1.64 bits per heavy atom. The van der Waals surface area contributed by atoms with E-state index in [0.717, 1.165) is 27.7 Å². The van der Waals surface area contributed by atoms with Gasteiger partial charge in [-0.05, 0) is 17.7 Å². The second kappa shape index (κ2) is 6.99. The predicted octanol–water partition coefficient (Wildman–Crippen LogP) is 4.70. The maximum atomic E-state index is 5.60. The van der Waals surface area contributed by atoms with Crippen LogP contribution in [0.2, 0.25) is 0 Å². The summed E-state index contributed by atoms with van der Waals surface area (Å²) in [5.41, 5.74) is 3.88. The summed E-state index contributed by atoms with van der Waals surface area (Å²) < 4.78 is 7.37. The summed E-state index contributed by atoms with van der Waals surface area (Å²) in [4.78, 5) is 4.68. The first kappa shape index (κ1) is 15.7. The van der Waals surface area contributed by atoms with Gasteiger partial charge in [-0.3, -0.25) is 0 Å². The van der Waals surface area contributed by atoms with Gasteiger partial charge in [0.15, 0.2) is 5.65 Å². The first-order valence-electron chi connectivity index (χ1n) is 8.01. The summed E-state index contributed by atoms with van der Waals surface area (Å²) in [6.07, 6.45) is 0. The van der Waals surface area contributed by atoms with Gasteiger partial charge in [0.1, 0.15) is 10.7 Å². The number of ether oxygens (including phenoxy) is 1. The van der Waals surface area contributed by atoms with E-state index in [4.69, 9.17) is 9.84 Å². The molecule has 0 N–H and O–H groups in total. The van der Waals surface area contributed by atoms with Crippen LogP contribution in [0.4, 0.5) is 0 Å². The Hall–Kier alpha value is -2.79. The molecule has 0 amide bonds. The summed E-state index contributed by atoms with van der Waals surface area (Å²) in [5, 5.41) is 5.64. The number of aromatic nitrogens is 3. The number of hydrogen-bond acceptors (Lipinski definition) is 4. The standard InChI is InChI=1S/C20H17N3OS/c1-24-20-19(16-10-6-3-7-11-16)21-17-12-13-18(22-23(17)20)25-14-15-8-4-2-5-9-15/h2-13H,14H2,1H3. The van der Waals surface area contributed by atoms with E-state index < -0.39 is 0 Å². The first-order valence-corrected chi connectivity index (χ1v) is 8.99. The van der Waals surface area contributed by atoms with Crippen molar-refractivity contribution in [2.24, 2.45) is 0 Å². The van der Waals surface area contributed by atoms with Crippen LogP contribution >= 0.6 is 11.8 Å². The monoisotopic (exact) mass is 347 g/mol. The van der Waals surface area contributed by atoms with Crippen molar-refractivity contribution < 1.29 is 4.74 Å². The Morgan fingerprint density at radius 3 is 2.36 bits per heavy atom. The lowest BCUT2D eigenvalue weighted by molar-refractivity contribution is 0.387. The maximum absolute atomic E-state index is 5.60. The van der Waals surface area contributed by atoms with Crippen molar-refractivity contribution >= 4 is 17.4 Å². The molecular weight excluding hydrogens is 330 g/mol. The van der Waals surface area contributed by atoms with Crippen molar-refractivity contribution in [3.05, 3.63) is 78.4 Å². The predicted molar refractivity (Wildman–Crippen MR) is 101 cm³/mol. The van der Waals surface area contributed by atoms with Crippen LogP contribution in [0, 0.1) is 0 Å². The Bertz CT molecular complexity index is 984. The van der Waals surface area contributed by atoms with E-state index in [-0.39, 0.29) is 0 Å². The highest BCUT2D eigenvalue weighted by Crippen LogP contribution is 2.31. The van der Waals surface area contributed by atoms with E-state index in [1.54, 1.807) is 23.4 Å². The average Bonchev–Trinajstić information content (AvgIpc) is 3.05. The van der Waals surface area contributed by atoms with Gasteiger partial charge >= 0.3 is 0 Å². The number of nitrogens with zero attached hydrogens (tertiary/aromatic N) is 3. The zero-order valence-electron chi connectivity index (χ0n) is 13.8. The molecule has 5 heteroatoms. The van der Waals surface area contributed by atoms with E-state index >= 15 is 0 Å². The third-order valence-corrected chi connectivity index (χ3v) is 4.87. The van der Waals surface area contributed by atoms with Crippen LogP contribution in [-0.2, 0) is 5.75 Å². The topological polar surface area (TPSA) is 39.4 Å². The highest BCUT2D eigenvalue weighted by Gasteiger charge is 2.16. The molecule has 0 fully saturated rings. The van der Waals surface area contributed by atoms with E-state index in [1.807, 2.05) is 48.5 Å². The van der Waals surface area contributed by atoms with Gasteiger partial charge in [-0.25, -0.2) is 4.98 Å². The fourth-order valence-electron chi connectivity index (χ4n) is 2.67. The molecule has 2 aromatic carbocycles. The van der Waals surface area contributed by atoms with Crippen molar-refractivity contribution in [1.29, 1.82) is 0 Å². The van der Waals surface area contributed by atoms with Gasteiger partial charge in [0, 0.05) is 11.3 Å². The van der Waals surface area contributed by atoms with Gasteiger partial charge in [0.2, 0.25) is 5.88 Å². The van der Waals surface area contributed by atoms with Crippen LogP contribution in [-0.4, -0.2) is 21.7 Å². The van der Waals surface area contributed by atoms with Crippen LogP contribution in [0.25, 0.3) is 16.9 Å². The molecule has 0 aliphatic carbocycles. The first-order chi connectivity index (χ1) is 12.3. The highest BCUT2D eigenvalue weighted by molar-refractivity contribution is 7.98. The third-order valence-electron chi connectivity index (χ3n) is 3.88. The molecule has 25 heavy (non-hydrogen) atoms. The second-order valence-corrected chi connectivity index (χ2v) is 6.55. The van der Waals surface area contributed by atoms with Crippen LogP contribution in [0.1, 0.15) is 5.56 Å². The summed E-state index contributed by atoms with van der Waals surface area (Å²) in [6, 6.07) is 24.4. The van der Waals surface area contributed by atoms with Crippen LogP contribution in [0.5, 0.6) is 5.88 Å². The van der Waals surface area contributed by atoms with Crippen LogP contribution < -0.4 is 4.74 Å². The molecule has 0 atom stereocenters. The molecule has 2 aromatic heterocycles. The number of fused-ring (bicyclic) bond motifs is 1. The quantitative estimate of drug-likeness (QED) is 0.491. The summed E-state index contributed by atoms with van der Waals surface area (Å²) in [6.45, 7) is 0. The van der Waals surface area contributed by atoms with Crippen molar-refractivity contribution in [2.45, 2.75) is 10.8 Å². The number of thioether (sulfide) groups is 1. The van der Waals surface area contributed by atoms with Gasteiger partial charge in [-0.1, -0.05) is 72.4 Å². The summed E-state index contributed by atoms with van der Waals surface area (Å²) in [5.74, 6) is 1.53. The smallest absolute Gasteiger partial charge is 0.243 e. The molecular formula is C20H17N3OS. The molecule has 124 valence electrons. The van der Waals surface area contributed by atoms with E-state index in [9.17, 15) is 0 Å². The van der Waals surface area contributed by atoms with Crippen molar-refractivity contribution in [1.82, 2.24) is 14.6 Å². The lowest BCUT2D eigenvalue weighted by atomic mass is 10.2. The minimum absolute atomic E-state index is 0.656. The number of hydrogen-bond donors (Lipinski definition) is 0. The largest absolute Gasteiger partial charge is 0.479 e. The van der Waals surface area contributed by atoms with Gasteiger partial charge in [0.05, 0.1) is 7.11 Å². The van der Waals surface area contributed by atoms with Gasteiger partial charge < -0.3 is 4.74 Å². The van der Waals surface area contributed by atoms with Crippen molar-refractivity contribution in [3.63, 3.8) is 0 Å². The lowest BCUT2D eigenvalue weighted by Gasteiger charge is -2.04. The molecule has 4 aromatic rings. The van der Waals surface area contributed by atoms with E-state index in [0.29, 0.717) is 5.88 Å². The fraction of sp³-hybridized carbons (Fsp3) is 0.100. The number of benzene rings is 2. The van der Waals surface area contributed by atoms with Gasteiger partial charge in [0.25, 0.3) is 0 Å². The van der Waals surface area contributed by atoms with Crippen LogP contribution in [0.3, 0.4) is 0 Å². The van der Waals surface area contributed by atoms with Gasteiger partial charge in [-0.2, -0.15) is 9.61 Å². The molecule has 0 unspecified atom stereocenters. The fourth-order valence-corrected chi connectivity index (χ4v) is 3.48. The molecule has 0 spiro atoms. The Kier molecular flexibility index (Phi) is 4.39. The number of imidazole rings is 1. The minimum atomic E-state index is 0.656. The normalized spacial score (nSPS) is 10.9. The maximum Gasteiger partial charge on any atom is 0.243 e. The van der Waals surface area contributed by atoms with Crippen molar-refractivity contribution in [2.75, 3.05) is 7.11 Å². The zero-order chi connectivity index (χ0) is 17.1. The van der Waals surface area contributed by atoms with Crippen LogP contribution in [0.15, 0.2) is 77.8 Å². The molecule has 0 aliphatic heterocycles. The lowest BCUT2D eigenvalue weighted by Crippen LogP contribution is -1.97. The van der Waals surface area contributed by atoms with Crippen molar-refractivity contribution in [3.8, 4) is 17.1 Å². The Balaban J connectivity index is 1.68. The summed E-state index contributed by atoms with van der Waals surface area (Å²) >= 11 is 1.70. The molecule has 0 saturated carbocycles. The number of rotatable bonds is 5. The molecule has 4 nitrogen and oxygen atoms in total. The SMILES string of the molecule is COc1c(-c2ccccc2)nc2ccc(SCc3ccccc3)nn12. The molecule has 0 bridgehead atoms. The average molecular weight is 347 g/mol. The highest BCUT2D eigenvalue weighted by atomic mass is 32.2. The Morgan fingerprint density at radius 1 is 0.920 bits per heavy atom. The third kappa shape index (κ3) is 3.23. The van der Waals surface area contributed by atoms with Gasteiger partial charge in [-0.15, -0.1) is 0 Å². The van der Waals surface area contributed by atoms with E-state index in [2.05, 4.69) is 29.2 Å². The van der Waals surface area contributed by atoms with E-state index in [1.165, 1.54) is 5.56 Å². The molecule has 0 saturated heterocycles. The molecule has 2 heterocycles.